The van der Waals surface area contributed by atoms with Gasteiger partial charge in [0.15, 0.2) is 0 Å². The summed E-state index contributed by atoms with van der Waals surface area (Å²) in [5, 5.41) is 0. The van der Waals surface area contributed by atoms with E-state index in [9.17, 15) is 0 Å². The second-order valence-corrected chi connectivity index (χ2v) is 13.1. The van der Waals surface area contributed by atoms with E-state index in [-0.39, 0.29) is 0 Å². The highest BCUT2D eigenvalue weighted by atomic mass is 15.1. The zero-order chi connectivity index (χ0) is 15.6. The van der Waals surface area contributed by atoms with E-state index in [1.54, 1.807) is 0 Å². The van der Waals surface area contributed by atoms with Crippen molar-refractivity contribution in [1.82, 2.24) is 0 Å². The second kappa shape index (κ2) is 2.65. The van der Waals surface area contributed by atoms with Crippen molar-refractivity contribution < 1.29 is 0 Å². The third-order valence-electron chi connectivity index (χ3n) is 14.7. The minimum absolute atomic E-state index is 0.694. The molecule has 12 aliphatic carbocycles. The number of hydrogen-bond donors (Lipinski definition) is 0. The first-order chi connectivity index (χ1) is 13.0. The normalized spacial score (nSPS) is 88.5. The van der Waals surface area contributed by atoms with Crippen molar-refractivity contribution in [1.29, 1.82) is 0 Å². The van der Waals surface area contributed by atoms with Gasteiger partial charge in [-0.25, -0.2) is 0 Å². The van der Waals surface area contributed by atoms with Gasteiger partial charge in [0, 0.05) is 5.41 Å². The van der Waals surface area contributed by atoms with Crippen molar-refractivity contribution >= 4 is 0 Å². The smallest absolute Gasteiger partial charge is 0.00547 e. The average molecular weight is 336 g/mol. The zero-order valence-electron chi connectivity index (χ0n) is 14.9. The van der Waals surface area contributed by atoms with Gasteiger partial charge in [-0.3, -0.25) is 0 Å². The molecule has 0 aliphatic heterocycles. The quantitative estimate of drug-likeness (QED) is 0.732. The predicted octanol–water partition coefficient (Wildman–Crippen LogP) is 3.78. The maximum atomic E-state index is 2.61. The standard InChI is InChI=1S/C26H24/c1-2-4-6(5-3-1)26-23-17-11-8-7-9-13(11)19(23)21-15(9)16-10(7)14-12(8)18(17)24(26)20(14)22(16)25(21)26/h1-5,7-25H. The third-order valence-corrected chi connectivity index (χ3v) is 14.7. The molecule has 12 atom stereocenters. The van der Waals surface area contributed by atoms with Crippen LogP contribution in [0.15, 0.2) is 30.3 Å². The molecule has 0 amide bonds. The molecule has 26 heavy (non-hydrogen) atoms. The van der Waals surface area contributed by atoms with Crippen LogP contribution in [0, 0.1) is 112 Å². The third kappa shape index (κ3) is 0.591. The van der Waals surface area contributed by atoms with Crippen LogP contribution in [0.1, 0.15) is 5.56 Å². The molecule has 0 heterocycles. The SMILES string of the molecule is c1ccc(C23C4C5C6C7C8C9C6C4C4C9C6C8C8C7C5C2C8C6C43)cc1. The molecule has 0 bridgehead atoms. The van der Waals surface area contributed by atoms with Crippen LogP contribution < -0.4 is 0 Å². The molecule has 0 nitrogen and oxygen atoms in total. The van der Waals surface area contributed by atoms with Gasteiger partial charge in [-0.15, -0.1) is 0 Å². The van der Waals surface area contributed by atoms with Gasteiger partial charge in [0.2, 0.25) is 0 Å². The molecule has 12 fully saturated rings. The van der Waals surface area contributed by atoms with Crippen molar-refractivity contribution in [2.24, 2.45) is 112 Å². The topological polar surface area (TPSA) is 0 Å². The van der Waals surface area contributed by atoms with Gasteiger partial charge in [0.25, 0.3) is 0 Å². The van der Waals surface area contributed by atoms with E-state index in [1.165, 1.54) is 94.7 Å². The molecule has 12 saturated carbocycles. The Morgan fingerprint density at radius 3 is 1.04 bits per heavy atom. The lowest BCUT2D eigenvalue weighted by molar-refractivity contribution is 0.161. The lowest BCUT2D eigenvalue weighted by atomic mass is 9.63. The van der Waals surface area contributed by atoms with Gasteiger partial charge < -0.3 is 0 Å². The fourth-order valence-corrected chi connectivity index (χ4v) is 16.8. The summed E-state index contributed by atoms with van der Waals surface area (Å²) in [4.78, 5) is 0. The molecule has 1 aromatic carbocycles. The lowest BCUT2D eigenvalue weighted by Gasteiger charge is -2.40. The van der Waals surface area contributed by atoms with Crippen LogP contribution in [-0.4, -0.2) is 0 Å². The van der Waals surface area contributed by atoms with E-state index in [2.05, 4.69) is 30.3 Å². The van der Waals surface area contributed by atoms with Crippen LogP contribution in [0.25, 0.3) is 0 Å². The minimum atomic E-state index is 0.694. The Balaban J connectivity index is 1.34. The summed E-state index contributed by atoms with van der Waals surface area (Å²) >= 11 is 0. The Labute approximate surface area is 154 Å². The molecular weight excluding hydrogens is 312 g/mol. The molecule has 13 rings (SSSR count). The largest absolute Gasteiger partial charge is 0.0622 e. The highest BCUT2D eigenvalue weighted by Crippen LogP contribution is 3.04. The van der Waals surface area contributed by atoms with Crippen LogP contribution in [0.2, 0.25) is 0 Å². The Kier molecular flexibility index (Phi) is 1.15. The summed E-state index contributed by atoms with van der Waals surface area (Å²) in [5.74, 6) is 23.4. The zero-order valence-corrected chi connectivity index (χ0v) is 14.9. The minimum Gasteiger partial charge on any atom is -0.0622 e. The predicted molar refractivity (Wildman–Crippen MR) is 94.4 cm³/mol. The van der Waals surface area contributed by atoms with Crippen LogP contribution in [0.4, 0.5) is 0 Å². The van der Waals surface area contributed by atoms with Gasteiger partial charge in [0.1, 0.15) is 0 Å². The average Bonchev–Trinajstić information content (AvgIpc) is 3.34. The van der Waals surface area contributed by atoms with Gasteiger partial charge >= 0.3 is 0 Å². The fourth-order valence-electron chi connectivity index (χ4n) is 16.8. The molecule has 128 valence electrons. The van der Waals surface area contributed by atoms with Crippen LogP contribution >= 0.6 is 0 Å². The number of hydrogen-bond acceptors (Lipinski definition) is 0. The van der Waals surface area contributed by atoms with E-state index in [0.717, 1.165) is 17.8 Å². The van der Waals surface area contributed by atoms with Gasteiger partial charge in [-0.1, -0.05) is 30.3 Å². The molecule has 0 N–H and O–H groups in total. The Morgan fingerprint density at radius 1 is 0.385 bits per heavy atom. The van der Waals surface area contributed by atoms with Crippen LogP contribution in [0.5, 0.6) is 0 Å². The van der Waals surface area contributed by atoms with Crippen LogP contribution in [0.3, 0.4) is 0 Å². The Bertz CT molecular complexity index is 862. The van der Waals surface area contributed by atoms with Gasteiger partial charge in [-0.2, -0.15) is 0 Å². The van der Waals surface area contributed by atoms with Gasteiger partial charge in [-0.05, 0) is 118 Å². The molecule has 0 aromatic heterocycles. The molecule has 0 saturated heterocycles. The maximum Gasteiger partial charge on any atom is 0.00547 e. The van der Waals surface area contributed by atoms with Crippen molar-refractivity contribution in [3.63, 3.8) is 0 Å². The van der Waals surface area contributed by atoms with E-state index in [0.29, 0.717) is 5.41 Å². The summed E-state index contributed by atoms with van der Waals surface area (Å²) < 4.78 is 0. The van der Waals surface area contributed by atoms with E-state index in [1.807, 2.05) is 5.56 Å². The molecule has 1 aromatic rings. The van der Waals surface area contributed by atoms with E-state index >= 15 is 0 Å². The highest BCUT2D eigenvalue weighted by molar-refractivity contribution is 5.53. The first kappa shape index (κ1) is 11.3. The summed E-state index contributed by atoms with van der Waals surface area (Å²) in [6.45, 7) is 0. The fraction of sp³-hybridized carbons (Fsp3) is 0.769. The number of rotatable bonds is 1. The lowest BCUT2D eigenvalue weighted by Crippen LogP contribution is -2.40. The van der Waals surface area contributed by atoms with Crippen molar-refractivity contribution in [2.45, 2.75) is 5.41 Å². The highest BCUT2D eigenvalue weighted by Gasteiger charge is 3.01. The molecule has 0 radical (unpaired) electrons. The van der Waals surface area contributed by atoms with E-state index in [4.69, 9.17) is 0 Å². The molecule has 12 aliphatic rings. The van der Waals surface area contributed by atoms with Gasteiger partial charge in [0.05, 0.1) is 0 Å². The van der Waals surface area contributed by atoms with Crippen LogP contribution in [-0.2, 0) is 5.41 Å². The molecular formula is C26H24. The van der Waals surface area contributed by atoms with Crippen molar-refractivity contribution in [3.8, 4) is 0 Å². The van der Waals surface area contributed by atoms with Crippen molar-refractivity contribution in [2.75, 3.05) is 0 Å². The summed E-state index contributed by atoms with van der Waals surface area (Å²) in [6.07, 6.45) is 0. The Morgan fingerprint density at radius 2 is 0.692 bits per heavy atom. The summed E-state index contributed by atoms with van der Waals surface area (Å²) in [5.41, 5.74) is 2.55. The molecule has 0 heteroatoms. The van der Waals surface area contributed by atoms with E-state index < -0.39 is 0 Å². The van der Waals surface area contributed by atoms with Crippen molar-refractivity contribution in [3.05, 3.63) is 35.9 Å². The maximum absolute atomic E-state index is 2.61. The molecule has 12 unspecified atom stereocenters. The summed E-state index contributed by atoms with van der Waals surface area (Å²) in [6, 6.07) is 12.3. The second-order valence-electron chi connectivity index (χ2n) is 13.1. The first-order valence-electron chi connectivity index (χ1n) is 12.0. The summed E-state index contributed by atoms with van der Waals surface area (Å²) in [7, 11) is 0. The molecule has 0 spiro atoms. The Hall–Kier alpha value is -0.780. The number of benzene rings is 1. The first-order valence-corrected chi connectivity index (χ1v) is 12.0. The monoisotopic (exact) mass is 336 g/mol.